The molecule has 0 spiro atoms. The summed E-state index contributed by atoms with van der Waals surface area (Å²) >= 11 is 0. The van der Waals surface area contributed by atoms with Crippen molar-refractivity contribution in [3.63, 3.8) is 0 Å². The van der Waals surface area contributed by atoms with E-state index in [9.17, 15) is 0 Å². The van der Waals surface area contributed by atoms with Crippen LogP contribution < -0.4 is 0 Å². The van der Waals surface area contributed by atoms with Gasteiger partial charge in [-0.3, -0.25) is 0 Å². The fraction of sp³-hybridized carbons (Fsp3) is 1.00. The summed E-state index contributed by atoms with van der Waals surface area (Å²) < 4.78 is 40.4. The van der Waals surface area contributed by atoms with Gasteiger partial charge < -0.3 is 29.7 Å². The van der Waals surface area contributed by atoms with Crippen molar-refractivity contribution in [2.45, 2.75) is 38.3 Å². The topological polar surface area (TPSA) is 64.6 Å². The molecule has 1 fully saturated rings. The zero-order valence-corrected chi connectivity index (χ0v) is 18.8. The van der Waals surface area contributed by atoms with Gasteiger partial charge in [-0.05, 0) is 32.2 Å². The van der Waals surface area contributed by atoms with Gasteiger partial charge in [-0.2, -0.15) is 0 Å². The van der Waals surface area contributed by atoms with Gasteiger partial charge in [-0.15, -0.1) is 0 Å². The van der Waals surface area contributed by atoms with Crippen LogP contribution in [0.4, 0.5) is 0 Å². The highest BCUT2D eigenvalue weighted by Crippen LogP contribution is 2.26. The van der Waals surface area contributed by atoms with Crippen LogP contribution in [0, 0.1) is 0 Å². The Morgan fingerprint density at radius 2 is 1.29 bits per heavy atom. The Labute approximate surface area is 134 Å². The number of rotatable bonds is 6. The third-order valence-corrected chi connectivity index (χ3v) is 17.9. The van der Waals surface area contributed by atoms with Crippen LogP contribution >= 0.6 is 0 Å². The molecule has 0 atom stereocenters. The molecule has 0 saturated carbocycles. The summed E-state index contributed by atoms with van der Waals surface area (Å²) in [4.78, 5) is 0. The molecule has 0 aliphatic carbocycles. The first-order valence-electron chi connectivity index (χ1n) is 6.68. The minimum Gasteiger partial charge on any atom is -0.415 e. The third-order valence-electron chi connectivity index (χ3n) is 3.11. The van der Waals surface area contributed by atoms with Gasteiger partial charge in [0.25, 0.3) is 0 Å². The lowest BCUT2D eigenvalue weighted by Gasteiger charge is -2.36. The largest absolute Gasteiger partial charge is 0.500 e. The van der Waals surface area contributed by atoms with E-state index in [-0.39, 0.29) is 0 Å². The van der Waals surface area contributed by atoms with Crippen molar-refractivity contribution in [3.8, 4) is 0 Å². The highest BCUT2D eigenvalue weighted by atomic mass is 28.5. The lowest BCUT2D eigenvalue weighted by molar-refractivity contribution is 0.124. The molecule has 0 bridgehead atoms. The maximum Gasteiger partial charge on any atom is 0.500 e. The second kappa shape index (κ2) is 8.60. The van der Waals surface area contributed by atoms with Crippen molar-refractivity contribution >= 4 is 45.2 Å². The quantitative estimate of drug-likeness (QED) is 0.640. The molecule has 123 valence electrons. The zero-order chi connectivity index (χ0) is 16.1. The fourth-order valence-electron chi connectivity index (χ4n) is 2.13. The van der Waals surface area contributed by atoms with Gasteiger partial charge in [0.15, 0.2) is 0 Å². The summed E-state index contributed by atoms with van der Waals surface area (Å²) in [6.07, 6.45) is 0. The lowest BCUT2D eigenvalue weighted by atomic mass is 10.9. The van der Waals surface area contributed by atoms with E-state index in [1.54, 1.807) is 21.3 Å². The van der Waals surface area contributed by atoms with Crippen molar-refractivity contribution in [1.82, 2.24) is 0 Å². The SMILES string of the molecule is CO[Si](CC[Si]1(C)O[Si](C)O[Si](C)O[Si](C)O1)(OC)OC. The molecule has 1 heterocycles. The molecule has 12 heteroatoms. The molecular formula is C9H25O7Si5. The molecular weight excluding hydrogens is 361 g/mol. The first-order chi connectivity index (χ1) is 9.78. The van der Waals surface area contributed by atoms with Gasteiger partial charge in [0, 0.05) is 27.4 Å². The zero-order valence-electron chi connectivity index (χ0n) is 13.8. The molecule has 1 saturated heterocycles. The molecule has 0 amide bonds. The van der Waals surface area contributed by atoms with Gasteiger partial charge >= 0.3 is 45.2 Å². The van der Waals surface area contributed by atoms with Crippen LogP contribution in [0.25, 0.3) is 0 Å². The van der Waals surface area contributed by atoms with Crippen molar-refractivity contribution in [2.24, 2.45) is 0 Å². The minimum absolute atomic E-state index is 0.660. The second-order valence-corrected chi connectivity index (χ2v) is 16.9. The first-order valence-corrected chi connectivity index (χ1v) is 16.6. The predicted molar refractivity (Wildman–Crippen MR) is 87.2 cm³/mol. The Hall–Kier alpha value is 0.804. The summed E-state index contributed by atoms with van der Waals surface area (Å²) in [6, 6.07) is 1.39. The highest BCUT2D eigenvalue weighted by Gasteiger charge is 2.46. The number of hydrogen-bond acceptors (Lipinski definition) is 7. The highest BCUT2D eigenvalue weighted by molar-refractivity contribution is 6.81. The van der Waals surface area contributed by atoms with Crippen LogP contribution in [0.3, 0.4) is 0 Å². The maximum atomic E-state index is 6.17. The van der Waals surface area contributed by atoms with E-state index < -0.39 is 45.2 Å². The van der Waals surface area contributed by atoms with Gasteiger partial charge in [0.1, 0.15) is 0 Å². The first kappa shape index (κ1) is 19.9. The summed E-state index contributed by atoms with van der Waals surface area (Å²) in [7, 11) is -4.10. The fourth-order valence-corrected chi connectivity index (χ4v) is 17.4. The smallest absolute Gasteiger partial charge is 0.415 e. The van der Waals surface area contributed by atoms with E-state index in [2.05, 4.69) is 6.55 Å². The van der Waals surface area contributed by atoms with Crippen LogP contribution in [0.1, 0.15) is 0 Å². The molecule has 0 aromatic heterocycles. The Morgan fingerprint density at radius 1 is 0.857 bits per heavy atom. The van der Waals surface area contributed by atoms with Crippen molar-refractivity contribution in [2.75, 3.05) is 21.3 Å². The second-order valence-electron chi connectivity index (χ2n) is 4.81. The van der Waals surface area contributed by atoms with Gasteiger partial charge in [0.2, 0.25) is 0 Å². The van der Waals surface area contributed by atoms with Crippen molar-refractivity contribution in [3.05, 3.63) is 0 Å². The monoisotopic (exact) mass is 385 g/mol. The van der Waals surface area contributed by atoms with E-state index in [0.29, 0.717) is 6.04 Å². The van der Waals surface area contributed by atoms with Gasteiger partial charge in [-0.25, -0.2) is 0 Å². The van der Waals surface area contributed by atoms with Crippen LogP contribution in [-0.2, 0) is 29.7 Å². The molecule has 0 aromatic rings. The number of hydrogen-bond donors (Lipinski definition) is 0. The summed E-state index contributed by atoms with van der Waals surface area (Å²) in [6.45, 7) is 7.99. The van der Waals surface area contributed by atoms with E-state index in [4.69, 9.17) is 29.7 Å². The van der Waals surface area contributed by atoms with Gasteiger partial charge in [-0.1, -0.05) is 0 Å². The van der Waals surface area contributed by atoms with E-state index in [1.807, 2.05) is 19.6 Å². The van der Waals surface area contributed by atoms with Crippen LogP contribution in [-0.4, -0.2) is 66.5 Å². The molecule has 1 aliphatic rings. The van der Waals surface area contributed by atoms with Crippen LogP contribution in [0.15, 0.2) is 0 Å². The molecule has 0 N–H and O–H groups in total. The summed E-state index contributed by atoms with van der Waals surface area (Å²) in [5.74, 6) is 0. The normalized spacial score (nSPS) is 23.0. The standard InChI is InChI=1S/C9H25O7Si5/c1-10-21(11-2,12-3)9-8-20(7)15-18(5)13-17(4)14-19(6)16-20/h8-9H2,1-7H3. The summed E-state index contributed by atoms with van der Waals surface area (Å²) in [5, 5.41) is 0. The Morgan fingerprint density at radius 3 is 1.67 bits per heavy atom. The third kappa shape index (κ3) is 6.07. The average molecular weight is 386 g/mol. The Kier molecular flexibility index (Phi) is 8.13. The van der Waals surface area contributed by atoms with E-state index in [0.717, 1.165) is 6.04 Å². The molecule has 3 radical (unpaired) electrons. The Bertz CT molecular complexity index is 297. The van der Waals surface area contributed by atoms with E-state index >= 15 is 0 Å². The molecule has 21 heavy (non-hydrogen) atoms. The van der Waals surface area contributed by atoms with E-state index in [1.165, 1.54) is 0 Å². The summed E-state index contributed by atoms with van der Waals surface area (Å²) in [5.41, 5.74) is 0. The predicted octanol–water partition coefficient (Wildman–Crippen LogP) is 1.37. The van der Waals surface area contributed by atoms with Crippen LogP contribution in [0.5, 0.6) is 0 Å². The Balaban J connectivity index is 2.73. The van der Waals surface area contributed by atoms with Crippen LogP contribution in [0.2, 0.25) is 38.3 Å². The minimum atomic E-state index is -2.61. The maximum absolute atomic E-state index is 6.17. The average Bonchev–Trinajstić information content (AvgIpc) is 2.38. The molecule has 0 unspecified atom stereocenters. The van der Waals surface area contributed by atoms with Gasteiger partial charge in [0.05, 0.1) is 0 Å². The molecule has 7 nitrogen and oxygen atoms in total. The van der Waals surface area contributed by atoms with Crippen molar-refractivity contribution in [1.29, 1.82) is 0 Å². The lowest BCUT2D eigenvalue weighted by Crippen LogP contribution is -2.54. The molecule has 1 aliphatic heterocycles. The molecule has 1 rings (SSSR count). The van der Waals surface area contributed by atoms with Crippen molar-refractivity contribution < 1.29 is 29.7 Å². The molecule has 0 aromatic carbocycles.